The van der Waals surface area contributed by atoms with Crippen molar-refractivity contribution in [1.82, 2.24) is 9.80 Å². The highest BCUT2D eigenvalue weighted by Crippen LogP contribution is 2.26. The van der Waals surface area contributed by atoms with E-state index in [0.717, 1.165) is 16.2 Å². The fourth-order valence-electron chi connectivity index (χ4n) is 3.92. The standard InChI is InChI=1S/C28H36N2O5S/c1-28(2,3)35-26(32)29(4)15-9-13-23(25(31)30-16-17-34-27(30)33)18-22-12-8-14-24(19-22)36-20-21-10-6-5-7-11-21/h5-8,10-12,14,19,23H,9,13,15-18,20H2,1-4H3. The number of ether oxygens (including phenoxy) is 2. The van der Waals surface area contributed by atoms with Crippen molar-refractivity contribution < 1.29 is 23.9 Å². The Hall–Kier alpha value is -3.00. The van der Waals surface area contributed by atoms with E-state index in [1.165, 1.54) is 15.4 Å². The summed E-state index contributed by atoms with van der Waals surface area (Å²) in [5.41, 5.74) is 1.73. The minimum absolute atomic E-state index is 0.222. The van der Waals surface area contributed by atoms with Gasteiger partial charge in [0.2, 0.25) is 5.91 Å². The van der Waals surface area contributed by atoms with Crippen LogP contribution in [0.3, 0.4) is 0 Å². The number of benzene rings is 2. The molecule has 0 saturated carbocycles. The molecule has 0 N–H and O–H groups in total. The van der Waals surface area contributed by atoms with Crippen molar-refractivity contribution in [1.29, 1.82) is 0 Å². The molecular weight excluding hydrogens is 476 g/mol. The summed E-state index contributed by atoms with van der Waals surface area (Å²) in [7, 11) is 1.69. The summed E-state index contributed by atoms with van der Waals surface area (Å²) in [4.78, 5) is 41.5. The smallest absolute Gasteiger partial charge is 0.416 e. The SMILES string of the molecule is CN(CCCC(Cc1cccc(SCc2ccccc2)c1)C(=O)N1CCOC1=O)C(=O)OC(C)(C)C. The average Bonchev–Trinajstić information content (AvgIpc) is 3.27. The Morgan fingerprint density at radius 3 is 2.50 bits per heavy atom. The summed E-state index contributed by atoms with van der Waals surface area (Å²) < 4.78 is 10.4. The van der Waals surface area contributed by atoms with Gasteiger partial charge < -0.3 is 14.4 Å². The Kier molecular flexibility index (Phi) is 9.81. The molecule has 0 radical (unpaired) electrons. The van der Waals surface area contributed by atoms with Gasteiger partial charge in [-0.05, 0) is 63.3 Å². The van der Waals surface area contributed by atoms with E-state index >= 15 is 0 Å². The first-order valence-electron chi connectivity index (χ1n) is 12.3. The van der Waals surface area contributed by atoms with Crippen molar-refractivity contribution in [2.45, 2.75) is 56.3 Å². The maximum absolute atomic E-state index is 13.3. The Morgan fingerprint density at radius 1 is 1.11 bits per heavy atom. The average molecular weight is 513 g/mol. The zero-order valence-corrected chi connectivity index (χ0v) is 22.4. The van der Waals surface area contributed by atoms with Gasteiger partial charge in [0, 0.05) is 30.2 Å². The van der Waals surface area contributed by atoms with Crippen LogP contribution in [0.2, 0.25) is 0 Å². The molecule has 1 aliphatic heterocycles. The maximum atomic E-state index is 13.3. The van der Waals surface area contributed by atoms with Crippen molar-refractivity contribution in [3.63, 3.8) is 0 Å². The van der Waals surface area contributed by atoms with Crippen molar-refractivity contribution in [2.75, 3.05) is 26.7 Å². The molecule has 1 saturated heterocycles. The maximum Gasteiger partial charge on any atom is 0.416 e. The minimum Gasteiger partial charge on any atom is -0.447 e. The van der Waals surface area contributed by atoms with Gasteiger partial charge >= 0.3 is 12.2 Å². The van der Waals surface area contributed by atoms with E-state index in [0.29, 0.717) is 25.8 Å². The summed E-state index contributed by atoms with van der Waals surface area (Å²) in [5.74, 6) is 0.250. The van der Waals surface area contributed by atoms with Crippen LogP contribution in [0.1, 0.15) is 44.7 Å². The number of amides is 3. The Morgan fingerprint density at radius 2 is 1.83 bits per heavy atom. The molecule has 7 nitrogen and oxygen atoms in total. The van der Waals surface area contributed by atoms with Crippen LogP contribution in [0, 0.1) is 5.92 Å². The second-order valence-corrected chi connectivity index (χ2v) is 11.0. The first-order chi connectivity index (χ1) is 17.1. The molecule has 2 aromatic carbocycles. The number of imide groups is 1. The van der Waals surface area contributed by atoms with Gasteiger partial charge in [0.25, 0.3) is 0 Å². The number of hydrogen-bond acceptors (Lipinski definition) is 6. The van der Waals surface area contributed by atoms with Crippen LogP contribution in [-0.2, 0) is 26.4 Å². The van der Waals surface area contributed by atoms with Gasteiger partial charge in [-0.15, -0.1) is 11.8 Å². The van der Waals surface area contributed by atoms with Gasteiger partial charge in [-0.25, -0.2) is 14.5 Å². The molecule has 36 heavy (non-hydrogen) atoms. The topological polar surface area (TPSA) is 76.2 Å². The Labute approximate surface area is 218 Å². The highest BCUT2D eigenvalue weighted by Gasteiger charge is 2.33. The molecular formula is C28H36N2O5S. The third-order valence-corrected chi connectivity index (χ3v) is 6.82. The van der Waals surface area contributed by atoms with Gasteiger partial charge in [-0.3, -0.25) is 4.79 Å². The second-order valence-electron chi connectivity index (χ2n) is 9.97. The van der Waals surface area contributed by atoms with E-state index in [2.05, 4.69) is 24.3 Å². The molecule has 0 aliphatic carbocycles. The van der Waals surface area contributed by atoms with Crippen LogP contribution < -0.4 is 0 Å². The van der Waals surface area contributed by atoms with Gasteiger partial charge in [0.05, 0.1) is 6.54 Å². The lowest BCUT2D eigenvalue weighted by Crippen LogP contribution is -2.38. The number of carbonyl (C=O) groups is 3. The highest BCUT2D eigenvalue weighted by atomic mass is 32.2. The van der Waals surface area contributed by atoms with E-state index in [4.69, 9.17) is 9.47 Å². The number of hydrogen-bond donors (Lipinski definition) is 0. The summed E-state index contributed by atoms with van der Waals surface area (Å²) in [6, 6.07) is 18.5. The normalized spacial score (nSPS) is 14.3. The summed E-state index contributed by atoms with van der Waals surface area (Å²) in [5, 5.41) is 0. The molecule has 2 aromatic rings. The number of carbonyl (C=O) groups excluding carboxylic acids is 3. The molecule has 1 fully saturated rings. The van der Waals surface area contributed by atoms with Gasteiger partial charge in [0.1, 0.15) is 12.2 Å². The predicted octanol–water partition coefficient (Wildman–Crippen LogP) is 5.76. The third-order valence-electron chi connectivity index (χ3n) is 5.76. The van der Waals surface area contributed by atoms with Crippen LogP contribution in [0.15, 0.2) is 59.5 Å². The summed E-state index contributed by atoms with van der Waals surface area (Å²) >= 11 is 1.75. The van der Waals surface area contributed by atoms with Gasteiger partial charge in [0.15, 0.2) is 0 Å². The summed E-state index contributed by atoms with van der Waals surface area (Å²) in [6.07, 6.45) is 0.687. The van der Waals surface area contributed by atoms with E-state index in [9.17, 15) is 14.4 Å². The predicted molar refractivity (Wildman–Crippen MR) is 141 cm³/mol. The molecule has 1 unspecified atom stereocenters. The van der Waals surface area contributed by atoms with Crippen molar-refractivity contribution in [3.05, 3.63) is 65.7 Å². The van der Waals surface area contributed by atoms with Crippen LogP contribution in [0.25, 0.3) is 0 Å². The molecule has 1 aliphatic rings. The second kappa shape index (κ2) is 12.8. The van der Waals surface area contributed by atoms with Crippen LogP contribution >= 0.6 is 11.8 Å². The third kappa shape index (κ3) is 8.59. The molecule has 0 aromatic heterocycles. The number of nitrogens with zero attached hydrogens (tertiary/aromatic N) is 2. The Balaban J connectivity index is 1.64. The van der Waals surface area contributed by atoms with E-state index in [-0.39, 0.29) is 19.1 Å². The first kappa shape index (κ1) is 27.6. The lowest BCUT2D eigenvalue weighted by Gasteiger charge is -2.25. The lowest BCUT2D eigenvalue weighted by atomic mass is 9.93. The molecule has 3 rings (SSSR count). The molecule has 194 valence electrons. The minimum atomic E-state index is -0.581. The van der Waals surface area contributed by atoms with E-state index in [1.54, 1.807) is 18.8 Å². The molecule has 8 heteroatoms. The Bertz CT molecular complexity index is 1040. The lowest BCUT2D eigenvalue weighted by molar-refractivity contribution is -0.132. The van der Waals surface area contributed by atoms with Crippen molar-refractivity contribution in [2.24, 2.45) is 5.92 Å². The molecule has 1 atom stereocenters. The fraction of sp³-hybridized carbons (Fsp3) is 0.464. The molecule has 0 spiro atoms. The van der Waals surface area contributed by atoms with Crippen molar-refractivity contribution in [3.8, 4) is 0 Å². The van der Waals surface area contributed by atoms with Gasteiger partial charge in [-0.2, -0.15) is 0 Å². The van der Waals surface area contributed by atoms with Gasteiger partial charge in [-0.1, -0.05) is 42.5 Å². The zero-order valence-electron chi connectivity index (χ0n) is 21.6. The number of thioether (sulfide) groups is 1. The van der Waals surface area contributed by atoms with E-state index < -0.39 is 23.7 Å². The van der Waals surface area contributed by atoms with E-state index in [1.807, 2.05) is 51.1 Å². The first-order valence-corrected chi connectivity index (χ1v) is 13.3. The molecule has 0 bridgehead atoms. The van der Waals surface area contributed by atoms with Crippen LogP contribution in [-0.4, -0.2) is 60.2 Å². The fourth-order valence-corrected chi connectivity index (χ4v) is 4.86. The summed E-state index contributed by atoms with van der Waals surface area (Å²) in [6.45, 7) is 6.44. The van der Waals surface area contributed by atoms with Crippen LogP contribution in [0.4, 0.5) is 9.59 Å². The van der Waals surface area contributed by atoms with Crippen molar-refractivity contribution >= 4 is 29.9 Å². The highest BCUT2D eigenvalue weighted by molar-refractivity contribution is 7.98. The molecule has 1 heterocycles. The number of rotatable bonds is 10. The monoisotopic (exact) mass is 512 g/mol. The zero-order chi connectivity index (χ0) is 26.1. The van der Waals surface area contributed by atoms with Crippen LogP contribution in [0.5, 0.6) is 0 Å². The molecule has 3 amide bonds. The largest absolute Gasteiger partial charge is 0.447 e. The quantitative estimate of drug-likeness (QED) is 0.377. The number of cyclic esters (lactones) is 1.